The predicted octanol–water partition coefficient (Wildman–Crippen LogP) is 3.67. The van der Waals surface area contributed by atoms with Crippen molar-refractivity contribution < 1.29 is 9.53 Å². The van der Waals surface area contributed by atoms with E-state index in [-0.39, 0.29) is 5.91 Å². The van der Waals surface area contributed by atoms with Crippen LogP contribution in [-0.2, 0) is 0 Å². The maximum Gasteiger partial charge on any atom is 0.271 e. The zero-order chi connectivity index (χ0) is 15.8. The monoisotopic (exact) mass is 314 g/mol. The fourth-order valence-electron chi connectivity index (χ4n) is 1.66. The number of hydrogen-bond acceptors (Lipinski definition) is 3. The van der Waals surface area contributed by atoms with Gasteiger partial charge in [0.25, 0.3) is 5.91 Å². The molecule has 0 spiro atoms. The minimum absolute atomic E-state index is 0.307. The van der Waals surface area contributed by atoms with Gasteiger partial charge in [-0.15, -0.1) is 0 Å². The van der Waals surface area contributed by atoms with Crippen molar-refractivity contribution in [2.24, 2.45) is 5.10 Å². The smallest absolute Gasteiger partial charge is 0.271 e. The lowest BCUT2D eigenvalue weighted by Gasteiger charge is -2.04. The molecule has 0 aliphatic carbocycles. The molecule has 112 valence electrons. The lowest BCUT2D eigenvalue weighted by Crippen LogP contribution is -2.17. The van der Waals surface area contributed by atoms with Crippen LogP contribution in [0.25, 0.3) is 0 Å². The van der Waals surface area contributed by atoms with E-state index in [1.54, 1.807) is 36.4 Å². The van der Waals surface area contributed by atoms with Gasteiger partial charge in [-0.05, 0) is 30.3 Å². The number of halogens is 1. The second-order valence-electron chi connectivity index (χ2n) is 4.34. The number of nitrogens with zero attached hydrogens (tertiary/aromatic N) is 1. The third-order valence-corrected chi connectivity index (χ3v) is 3.10. The Bertz CT molecular complexity index is 681. The molecular formula is C17H15ClN2O2. The summed E-state index contributed by atoms with van der Waals surface area (Å²) in [5.41, 5.74) is 3.67. The quantitative estimate of drug-likeness (QED) is 0.502. The van der Waals surface area contributed by atoms with Crippen molar-refractivity contribution in [1.29, 1.82) is 0 Å². The van der Waals surface area contributed by atoms with Crippen molar-refractivity contribution in [2.45, 2.75) is 0 Å². The average molecular weight is 315 g/mol. The molecule has 1 amide bonds. The SMILES string of the molecule is C=CCOc1ccc(C(=O)N/N=C\c2ccccc2Cl)cc1. The molecule has 2 rings (SSSR count). The Balaban J connectivity index is 1.94. The van der Waals surface area contributed by atoms with Crippen molar-refractivity contribution in [3.05, 3.63) is 77.3 Å². The molecule has 2 aromatic carbocycles. The van der Waals surface area contributed by atoms with Gasteiger partial charge < -0.3 is 4.74 Å². The molecule has 5 heteroatoms. The molecule has 22 heavy (non-hydrogen) atoms. The van der Waals surface area contributed by atoms with Crippen LogP contribution in [-0.4, -0.2) is 18.7 Å². The fraction of sp³-hybridized carbons (Fsp3) is 0.0588. The maximum absolute atomic E-state index is 11.9. The lowest BCUT2D eigenvalue weighted by molar-refractivity contribution is 0.0955. The Hall–Kier alpha value is -2.59. The molecule has 0 bridgehead atoms. The van der Waals surface area contributed by atoms with Gasteiger partial charge in [0.2, 0.25) is 0 Å². The highest BCUT2D eigenvalue weighted by atomic mass is 35.5. The number of hydrogen-bond donors (Lipinski definition) is 1. The van der Waals surface area contributed by atoms with Gasteiger partial charge in [-0.2, -0.15) is 5.10 Å². The molecule has 2 aromatic rings. The highest BCUT2D eigenvalue weighted by Crippen LogP contribution is 2.13. The minimum Gasteiger partial charge on any atom is -0.490 e. The summed E-state index contributed by atoms with van der Waals surface area (Å²) in [6.45, 7) is 4.00. The summed E-state index contributed by atoms with van der Waals surface area (Å²) < 4.78 is 5.35. The summed E-state index contributed by atoms with van der Waals surface area (Å²) in [5, 5.41) is 4.47. The number of benzene rings is 2. The molecule has 0 aliphatic heterocycles. The number of hydrazone groups is 1. The van der Waals surface area contributed by atoms with Gasteiger partial charge in [-0.1, -0.05) is 42.5 Å². The van der Waals surface area contributed by atoms with Gasteiger partial charge in [0.1, 0.15) is 12.4 Å². The Labute approximate surface area is 134 Å². The van der Waals surface area contributed by atoms with Crippen LogP contribution in [0.5, 0.6) is 5.75 Å². The minimum atomic E-state index is -0.307. The predicted molar refractivity (Wildman–Crippen MR) is 88.6 cm³/mol. The van der Waals surface area contributed by atoms with Crippen LogP contribution in [0, 0.1) is 0 Å². The number of nitrogens with one attached hydrogen (secondary N) is 1. The van der Waals surface area contributed by atoms with E-state index in [0.29, 0.717) is 22.9 Å². The zero-order valence-electron chi connectivity index (χ0n) is 11.8. The summed E-state index contributed by atoms with van der Waals surface area (Å²) in [7, 11) is 0. The van der Waals surface area contributed by atoms with Crippen molar-refractivity contribution >= 4 is 23.7 Å². The molecule has 4 nitrogen and oxygen atoms in total. The molecule has 0 heterocycles. The highest BCUT2D eigenvalue weighted by Gasteiger charge is 2.04. The first-order valence-electron chi connectivity index (χ1n) is 6.62. The van der Waals surface area contributed by atoms with Crippen molar-refractivity contribution in [1.82, 2.24) is 5.43 Å². The number of amides is 1. The van der Waals surface area contributed by atoms with Gasteiger partial charge >= 0.3 is 0 Å². The Morgan fingerprint density at radius 1 is 1.23 bits per heavy atom. The summed E-state index contributed by atoms with van der Waals surface area (Å²) >= 11 is 5.99. The summed E-state index contributed by atoms with van der Waals surface area (Å²) in [4.78, 5) is 11.9. The molecule has 0 radical (unpaired) electrons. The molecular weight excluding hydrogens is 300 g/mol. The molecule has 0 saturated heterocycles. The second-order valence-corrected chi connectivity index (χ2v) is 4.75. The highest BCUT2D eigenvalue weighted by molar-refractivity contribution is 6.33. The molecule has 0 atom stereocenters. The third-order valence-electron chi connectivity index (χ3n) is 2.76. The number of ether oxygens (including phenoxy) is 1. The fourth-order valence-corrected chi connectivity index (χ4v) is 1.85. The van der Waals surface area contributed by atoms with Crippen molar-refractivity contribution in [3.63, 3.8) is 0 Å². The zero-order valence-corrected chi connectivity index (χ0v) is 12.6. The van der Waals surface area contributed by atoms with E-state index in [4.69, 9.17) is 16.3 Å². The van der Waals surface area contributed by atoms with Crippen LogP contribution in [0.4, 0.5) is 0 Å². The van der Waals surface area contributed by atoms with E-state index in [1.165, 1.54) is 6.21 Å². The average Bonchev–Trinajstić information content (AvgIpc) is 2.55. The van der Waals surface area contributed by atoms with Gasteiger partial charge in [0.15, 0.2) is 0 Å². The molecule has 0 fully saturated rings. The maximum atomic E-state index is 11.9. The van der Waals surface area contributed by atoms with E-state index < -0.39 is 0 Å². The first-order chi connectivity index (χ1) is 10.7. The second kappa shape index (κ2) is 8.00. The number of carbonyl (C=O) groups excluding carboxylic acids is 1. The normalized spacial score (nSPS) is 10.4. The standard InChI is InChI=1S/C17H15ClN2O2/c1-2-11-22-15-9-7-13(8-10-15)17(21)20-19-12-14-5-3-4-6-16(14)18/h2-10,12H,1,11H2,(H,20,21)/b19-12-. The third kappa shape index (κ3) is 4.46. The first-order valence-corrected chi connectivity index (χ1v) is 7.00. The van der Waals surface area contributed by atoms with Crippen LogP contribution < -0.4 is 10.2 Å². The van der Waals surface area contributed by atoms with E-state index in [9.17, 15) is 4.79 Å². The molecule has 0 unspecified atom stereocenters. The number of rotatable bonds is 6. The van der Waals surface area contributed by atoms with Crippen molar-refractivity contribution in [2.75, 3.05) is 6.61 Å². The van der Waals surface area contributed by atoms with Crippen molar-refractivity contribution in [3.8, 4) is 5.75 Å². The molecule has 0 aromatic heterocycles. The molecule has 0 aliphatic rings. The van der Waals surface area contributed by atoms with E-state index in [1.807, 2.05) is 18.2 Å². The van der Waals surface area contributed by atoms with E-state index in [0.717, 1.165) is 5.56 Å². The van der Waals surface area contributed by atoms with Gasteiger partial charge in [0, 0.05) is 16.1 Å². The van der Waals surface area contributed by atoms with Gasteiger partial charge in [-0.3, -0.25) is 4.79 Å². The van der Waals surface area contributed by atoms with Crippen LogP contribution in [0.3, 0.4) is 0 Å². The summed E-state index contributed by atoms with van der Waals surface area (Å²) in [5.74, 6) is 0.370. The Kier molecular flexibility index (Phi) is 5.74. The summed E-state index contributed by atoms with van der Waals surface area (Å²) in [6, 6.07) is 14.0. The van der Waals surface area contributed by atoms with Crippen LogP contribution >= 0.6 is 11.6 Å². The Morgan fingerprint density at radius 3 is 2.64 bits per heavy atom. The Morgan fingerprint density at radius 2 is 1.95 bits per heavy atom. The number of carbonyl (C=O) groups is 1. The van der Waals surface area contributed by atoms with E-state index in [2.05, 4.69) is 17.1 Å². The molecule has 1 N–H and O–H groups in total. The van der Waals surface area contributed by atoms with Crippen LogP contribution in [0.2, 0.25) is 5.02 Å². The largest absolute Gasteiger partial charge is 0.490 e. The van der Waals surface area contributed by atoms with Crippen LogP contribution in [0.15, 0.2) is 66.3 Å². The van der Waals surface area contributed by atoms with Crippen LogP contribution in [0.1, 0.15) is 15.9 Å². The topological polar surface area (TPSA) is 50.7 Å². The first kappa shape index (κ1) is 15.8. The lowest BCUT2D eigenvalue weighted by atomic mass is 10.2. The van der Waals surface area contributed by atoms with Gasteiger partial charge in [0.05, 0.1) is 6.21 Å². The van der Waals surface area contributed by atoms with Gasteiger partial charge in [-0.25, -0.2) is 5.43 Å². The summed E-state index contributed by atoms with van der Waals surface area (Å²) in [6.07, 6.45) is 3.16. The van der Waals surface area contributed by atoms with E-state index >= 15 is 0 Å². The molecule has 0 saturated carbocycles.